The highest BCUT2D eigenvalue weighted by atomic mass is 127. The van der Waals surface area contributed by atoms with Gasteiger partial charge in [-0.1, -0.05) is 6.07 Å². The zero-order chi connectivity index (χ0) is 12.3. The van der Waals surface area contributed by atoms with Crippen LogP contribution in [0.25, 0.3) is 0 Å². The summed E-state index contributed by atoms with van der Waals surface area (Å²) in [7, 11) is 0. The molecule has 1 aromatic carbocycles. The lowest BCUT2D eigenvalue weighted by Gasteiger charge is -2.16. The normalized spacial score (nSPS) is 12.6. The van der Waals surface area contributed by atoms with Crippen molar-refractivity contribution in [3.8, 4) is 0 Å². The Morgan fingerprint density at radius 1 is 1.53 bits per heavy atom. The minimum atomic E-state index is -0.233. The highest BCUT2D eigenvalue weighted by Gasteiger charge is 2.15. The fourth-order valence-corrected chi connectivity index (χ4v) is 3.09. The summed E-state index contributed by atoms with van der Waals surface area (Å²) in [5.74, 6) is 5.32. The molecule has 1 atom stereocenters. The zero-order valence-corrected chi connectivity index (χ0v) is 11.8. The number of nitrogens with two attached hydrogens (primary N) is 1. The van der Waals surface area contributed by atoms with Crippen molar-refractivity contribution in [3.05, 3.63) is 49.7 Å². The number of hydrazine groups is 1. The van der Waals surface area contributed by atoms with Gasteiger partial charge in [-0.3, -0.25) is 11.3 Å². The predicted molar refractivity (Wildman–Crippen MR) is 75.0 cm³/mol. The summed E-state index contributed by atoms with van der Waals surface area (Å²) in [6.07, 6.45) is 2.47. The summed E-state index contributed by atoms with van der Waals surface area (Å²) in [5, 5.41) is 2.94. The van der Waals surface area contributed by atoms with Crippen molar-refractivity contribution in [2.75, 3.05) is 0 Å². The molecular weight excluding hydrogens is 352 g/mol. The maximum absolute atomic E-state index is 13.0. The summed E-state index contributed by atoms with van der Waals surface area (Å²) >= 11 is 3.70. The average molecular weight is 363 g/mol. The third-order valence-electron chi connectivity index (χ3n) is 2.40. The largest absolute Gasteiger partial charge is 0.271 e. The van der Waals surface area contributed by atoms with Crippen molar-refractivity contribution in [3.63, 3.8) is 0 Å². The van der Waals surface area contributed by atoms with E-state index in [9.17, 15) is 4.39 Å². The van der Waals surface area contributed by atoms with Gasteiger partial charge in [0.2, 0.25) is 0 Å². The van der Waals surface area contributed by atoms with Gasteiger partial charge < -0.3 is 0 Å². The summed E-state index contributed by atoms with van der Waals surface area (Å²) in [5.41, 5.74) is 3.75. The maximum Gasteiger partial charge on any atom is 0.124 e. The van der Waals surface area contributed by atoms with E-state index in [-0.39, 0.29) is 11.9 Å². The van der Waals surface area contributed by atoms with E-state index in [0.29, 0.717) is 6.42 Å². The molecule has 3 nitrogen and oxygen atoms in total. The molecule has 0 saturated heterocycles. The SMILES string of the molecule is NNC(Cc1nccs1)c1ccc(F)cc1I. The number of thiazole rings is 1. The second kappa shape index (κ2) is 5.85. The number of hydrogen-bond acceptors (Lipinski definition) is 4. The van der Waals surface area contributed by atoms with E-state index in [1.165, 1.54) is 12.1 Å². The summed E-state index contributed by atoms with van der Waals surface area (Å²) in [4.78, 5) is 4.22. The van der Waals surface area contributed by atoms with Crippen LogP contribution < -0.4 is 11.3 Å². The van der Waals surface area contributed by atoms with Gasteiger partial charge in [0.05, 0.1) is 11.0 Å². The monoisotopic (exact) mass is 363 g/mol. The first-order valence-corrected chi connectivity index (χ1v) is 6.96. The zero-order valence-electron chi connectivity index (χ0n) is 8.86. The fraction of sp³-hybridized carbons (Fsp3) is 0.182. The van der Waals surface area contributed by atoms with Gasteiger partial charge in [0.15, 0.2) is 0 Å². The second-order valence-electron chi connectivity index (χ2n) is 3.52. The number of benzene rings is 1. The predicted octanol–water partition coefficient (Wildman–Crippen LogP) is 2.63. The number of nitrogens with one attached hydrogen (secondary N) is 1. The third kappa shape index (κ3) is 3.21. The minimum Gasteiger partial charge on any atom is -0.271 e. The lowest BCUT2D eigenvalue weighted by molar-refractivity contribution is 0.545. The molecule has 1 aromatic heterocycles. The van der Waals surface area contributed by atoms with Crippen molar-refractivity contribution in [1.29, 1.82) is 0 Å². The van der Waals surface area contributed by atoms with Gasteiger partial charge in [-0.25, -0.2) is 9.37 Å². The number of rotatable bonds is 4. The Balaban J connectivity index is 2.23. The molecule has 0 spiro atoms. The Morgan fingerprint density at radius 3 is 2.94 bits per heavy atom. The summed E-state index contributed by atoms with van der Waals surface area (Å²) in [6, 6.07) is 4.66. The Labute approximate surface area is 116 Å². The van der Waals surface area contributed by atoms with E-state index in [1.807, 2.05) is 5.38 Å². The molecular formula is C11H11FIN3S. The van der Waals surface area contributed by atoms with Crippen LogP contribution in [0.15, 0.2) is 29.8 Å². The molecule has 0 bridgehead atoms. The number of nitrogens with zero attached hydrogens (tertiary/aromatic N) is 1. The van der Waals surface area contributed by atoms with Gasteiger partial charge in [0.1, 0.15) is 5.82 Å². The molecule has 90 valence electrons. The van der Waals surface area contributed by atoms with Crippen LogP contribution in [0.4, 0.5) is 4.39 Å². The van der Waals surface area contributed by atoms with Crippen LogP contribution in [0.1, 0.15) is 16.6 Å². The number of hydrogen-bond donors (Lipinski definition) is 2. The number of aromatic nitrogens is 1. The van der Waals surface area contributed by atoms with Crippen molar-refractivity contribution >= 4 is 33.9 Å². The Morgan fingerprint density at radius 2 is 2.35 bits per heavy atom. The molecule has 0 aliphatic rings. The second-order valence-corrected chi connectivity index (χ2v) is 5.66. The first-order chi connectivity index (χ1) is 8.20. The molecule has 3 N–H and O–H groups in total. The Kier molecular flexibility index (Phi) is 4.43. The number of halogens is 2. The highest BCUT2D eigenvalue weighted by molar-refractivity contribution is 14.1. The maximum atomic E-state index is 13.0. The first-order valence-electron chi connectivity index (χ1n) is 5.00. The fourth-order valence-electron chi connectivity index (χ4n) is 1.57. The first kappa shape index (κ1) is 12.9. The molecule has 6 heteroatoms. The van der Waals surface area contributed by atoms with E-state index >= 15 is 0 Å². The molecule has 0 amide bonds. The molecule has 17 heavy (non-hydrogen) atoms. The van der Waals surface area contributed by atoms with E-state index in [4.69, 9.17) is 5.84 Å². The summed E-state index contributed by atoms with van der Waals surface area (Å²) in [6.45, 7) is 0. The van der Waals surface area contributed by atoms with Crippen molar-refractivity contribution in [2.24, 2.45) is 5.84 Å². The standard InChI is InChI=1S/C11H11FIN3S/c12-7-1-2-8(9(13)5-7)10(16-14)6-11-15-3-4-17-11/h1-5,10,16H,6,14H2. The average Bonchev–Trinajstić information content (AvgIpc) is 2.79. The molecule has 2 rings (SSSR count). The van der Waals surface area contributed by atoms with Crippen molar-refractivity contribution < 1.29 is 4.39 Å². The van der Waals surface area contributed by atoms with Crippen LogP contribution in [0.2, 0.25) is 0 Å². The van der Waals surface area contributed by atoms with Crippen LogP contribution in [-0.4, -0.2) is 4.98 Å². The van der Waals surface area contributed by atoms with Crippen LogP contribution >= 0.6 is 33.9 Å². The molecule has 1 unspecified atom stereocenters. The van der Waals surface area contributed by atoms with Crippen LogP contribution in [0, 0.1) is 9.39 Å². The molecule has 0 saturated carbocycles. The van der Waals surface area contributed by atoms with Crippen molar-refractivity contribution in [2.45, 2.75) is 12.5 Å². The molecule has 0 fully saturated rings. The van der Waals surface area contributed by atoms with E-state index in [1.54, 1.807) is 23.6 Å². The lowest BCUT2D eigenvalue weighted by atomic mass is 10.0. The van der Waals surface area contributed by atoms with Crippen LogP contribution in [0.5, 0.6) is 0 Å². The molecule has 1 heterocycles. The minimum absolute atomic E-state index is 0.0475. The Bertz CT molecular complexity index is 489. The Hall–Kier alpha value is -0.570. The van der Waals surface area contributed by atoms with E-state index in [2.05, 4.69) is 33.0 Å². The molecule has 2 aromatic rings. The van der Waals surface area contributed by atoms with Gasteiger partial charge in [-0.2, -0.15) is 0 Å². The lowest BCUT2D eigenvalue weighted by Crippen LogP contribution is -2.30. The highest BCUT2D eigenvalue weighted by Crippen LogP contribution is 2.24. The van der Waals surface area contributed by atoms with Crippen LogP contribution in [0.3, 0.4) is 0 Å². The summed E-state index contributed by atoms with van der Waals surface area (Å²) < 4.78 is 13.9. The van der Waals surface area contributed by atoms with Gasteiger partial charge in [0, 0.05) is 21.6 Å². The van der Waals surface area contributed by atoms with E-state index < -0.39 is 0 Å². The van der Waals surface area contributed by atoms with Gasteiger partial charge in [0.25, 0.3) is 0 Å². The third-order valence-corrected chi connectivity index (χ3v) is 4.14. The molecule has 0 radical (unpaired) electrons. The smallest absolute Gasteiger partial charge is 0.124 e. The molecule has 0 aliphatic carbocycles. The van der Waals surface area contributed by atoms with E-state index in [0.717, 1.165) is 14.1 Å². The topological polar surface area (TPSA) is 50.9 Å². The van der Waals surface area contributed by atoms with Crippen LogP contribution in [-0.2, 0) is 6.42 Å². The van der Waals surface area contributed by atoms with Crippen molar-refractivity contribution in [1.82, 2.24) is 10.4 Å². The van der Waals surface area contributed by atoms with Gasteiger partial charge >= 0.3 is 0 Å². The van der Waals surface area contributed by atoms with Gasteiger partial charge in [-0.05, 0) is 40.3 Å². The van der Waals surface area contributed by atoms with Gasteiger partial charge in [-0.15, -0.1) is 11.3 Å². The quantitative estimate of drug-likeness (QED) is 0.499. The molecule has 0 aliphatic heterocycles.